The second-order valence-electron chi connectivity index (χ2n) is 2.75. The lowest BCUT2D eigenvalue weighted by atomic mass is 9.94. The summed E-state index contributed by atoms with van der Waals surface area (Å²) in [6.45, 7) is 0. The van der Waals surface area contributed by atoms with E-state index in [4.69, 9.17) is 14.9 Å². The van der Waals surface area contributed by atoms with E-state index in [1.165, 1.54) is 0 Å². The minimum atomic E-state index is -0.994. The lowest BCUT2D eigenvalue weighted by molar-refractivity contribution is -0.127. The highest BCUT2D eigenvalue weighted by atomic mass is 16.6. The third-order valence-corrected chi connectivity index (χ3v) is 2.08. The first-order chi connectivity index (χ1) is 4.70. The monoisotopic (exact) mass is 144 g/mol. The van der Waals surface area contributed by atoms with Crippen molar-refractivity contribution in [1.82, 2.24) is 0 Å². The summed E-state index contributed by atoms with van der Waals surface area (Å²) < 4.78 is 4.96. The van der Waals surface area contributed by atoms with Gasteiger partial charge in [0.05, 0.1) is 6.10 Å². The molecule has 2 heterocycles. The summed E-state index contributed by atoms with van der Waals surface area (Å²) in [5.74, 6) is -0.0946. The molecular weight excluding hydrogens is 136 g/mol. The zero-order valence-corrected chi connectivity index (χ0v) is 5.23. The topological polar surface area (TPSA) is 66.8 Å². The van der Waals surface area contributed by atoms with Crippen LogP contribution in [0.5, 0.6) is 0 Å². The quantitative estimate of drug-likeness (QED) is 0.432. The fourth-order valence-corrected chi connectivity index (χ4v) is 1.50. The van der Waals surface area contributed by atoms with E-state index >= 15 is 0 Å². The van der Waals surface area contributed by atoms with Gasteiger partial charge in [-0.3, -0.25) is 4.79 Å². The van der Waals surface area contributed by atoms with Crippen molar-refractivity contribution in [3.63, 3.8) is 0 Å². The Labute approximate surface area is 57.4 Å². The second-order valence-corrected chi connectivity index (χ2v) is 2.75. The van der Waals surface area contributed by atoms with Crippen LogP contribution in [0.3, 0.4) is 0 Å². The van der Waals surface area contributed by atoms with Gasteiger partial charge in [-0.1, -0.05) is 0 Å². The van der Waals surface area contributed by atoms with Gasteiger partial charge < -0.3 is 14.9 Å². The minimum Gasteiger partial charge on any atom is -0.388 e. The van der Waals surface area contributed by atoms with Crippen LogP contribution < -0.4 is 0 Å². The zero-order valence-electron chi connectivity index (χ0n) is 5.23. The van der Waals surface area contributed by atoms with E-state index < -0.39 is 24.4 Å². The molecule has 0 aromatic heterocycles. The fourth-order valence-electron chi connectivity index (χ4n) is 1.50. The third-order valence-electron chi connectivity index (χ3n) is 2.08. The lowest BCUT2D eigenvalue weighted by Gasteiger charge is -2.16. The van der Waals surface area contributed by atoms with Gasteiger partial charge in [-0.05, 0) is 0 Å². The summed E-state index contributed by atoms with van der Waals surface area (Å²) in [7, 11) is 0. The molecule has 56 valence electrons. The van der Waals surface area contributed by atoms with E-state index in [2.05, 4.69) is 0 Å². The van der Waals surface area contributed by atoms with E-state index in [1.807, 2.05) is 0 Å². The van der Waals surface area contributed by atoms with Crippen molar-refractivity contribution < 1.29 is 19.7 Å². The molecule has 2 bridgehead atoms. The van der Waals surface area contributed by atoms with Crippen molar-refractivity contribution in [2.75, 3.05) is 0 Å². The molecule has 0 amide bonds. The average Bonchev–Trinajstić information content (AvgIpc) is 2.36. The molecule has 2 aliphatic heterocycles. The smallest absolute Gasteiger partial charge is 0.167 e. The Morgan fingerprint density at radius 1 is 1.40 bits per heavy atom. The summed E-state index contributed by atoms with van der Waals surface area (Å²) in [6.07, 6.45) is -2.80. The highest BCUT2D eigenvalue weighted by Gasteiger charge is 2.52. The van der Waals surface area contributed by atoms with Gasteiger partial charge in [-0.25, -0.2) is 0 Å². The zero-order chi connectivity index (χ0) is 7.30. The van der Waals surface area contributed by atoms with Crippen molar-refractivity contribution in [3.05, 3.63) is 0 Å². The van der Waals surface area contributed by atoms with Crippen LogP contribution in [0.2, 0.25) is 0 Å². The van der Waals surface area contributed by atoms with Crippen LogP contribution in [0.15, 0.2) is 0 Å². The Hall–Kier alpha value is -0.450. The van der Waals surface area contributed by atoms with Crippen LogP contribution in [0.25, 0.3) is 0 Å². The van der Waals surface area contributed by atoms with Gasteiger partial charge >= 0.3 is 0 Å². The minimum absolute atomic E-state index is 0.0946. The standard InChI is InChI=1S/C6H8O4/c7-2-1-3-4(8)5(9)6(2)10-3/h3-6,8-9H,1H2/t3-,4-,5+,6+/m1/s1. The van der Waals surface area contributed by atoms with Crippen LogP contribution in [-0.4, -0.2) is 40.4 Å². The first-order valence-electron chi connectivity index (χ1n) is 3.24. The van der Waals surface area contributed by atoms with Gasteiger partial charge in [-0.2, -0.15) is 0 Å². The van der Waals surface area contributed by atoms with Crippen molar-refractivity contribution in [2.45, 2.75) is 30.8 Å². The molecule has 2 rings (SSSR count). The number of rotatable bonds is 0. The van der Waals surface area contributed by atoms with Gasteiger partial charge in [-0.15, -0.1) is 0 Å². The maximum absolute atomic E-state index is 10.8. The van der Waals surface area contributed by atoms with Gasteiger partial charge in [0.15, 0.2) is 5.78 Å². The first kappa shape index (κ1) is 6.27. The largest absolute Gasteiger partial charge is 0.388 e. The normalized spacial score (nSPS) is 52.4. The number of hydrogen-bond donors (Lipinski definition) is 2. The Bertz CT molecular complexity index is 177. The fraction of sp³-hybridized carbons (Fsp3) is 0.833. The molecule has 2 saturated heterocycles. The number of aliphatic hydroxyl groups is 2. The molecular formula is C6H8O4. The molecule has 2 N–H and O–H groups in total. The SMILES string of the molecule is O=C1C[C@H]2O[C@@H]1[C@@H](O)[C@@H]2O. The summed E-state index contributed by atoms with van der Waals surface area (Å²) in [4.78, 5) is 10.8. The van der Waals surface area contributed by atoms with Crippen molar-refractivity contribution >= 4 is 5.78 Å². The number of ether oxygens (including phenoxy) is 1. The maximum atomic E-state index is 10.8. The van der Waals surface area contributed by atoms with Crippen LogP contribution in [-0.2, 0) is 9.53 Å². The molecule has 4 heteroatoms. The predicted octanol–water partition coefficient (Wildman–Crippen LogP) is -1.55. The Morgan fingerprint density at radius 2 is 2.10 bits per heavy atom. The van der Waals surface area contributed by atoms with Crippen molar-refractivity contribution in [2.24, 2.45) is 0 Å². The van der Waals surface area contributed by atoms with Gasteiger partial charge in [0.1, 0.15) is 18.3 Å². The Balaban J connectivity index is 2.24. The maximum Gasteiger partial charge on any atom is 0.167 e. The number of aliphatic hydroxyl groups excluding tert-OH is 2. The molecule has 10 heavy (non-hydrogen) atoms. The Kier molecular flexibility index (Phi) is 1.12. The molecule has 0 radical (unpaired) electrons. The van der Waals surface area contributed by atoms with Crippen LogP contribution in [0, 0.1) is 0 Å². The number of carbonyl (C=O) groups is 1. The molecule has 2 fully saturated rings. The molecule has 0 unspecified atom stereocenters. The molecule has 4 atom stereocenters. The number of fused-ring (bicyclic) bond motifs is 2. The van der Waals surface area contributed by atoms with E-state index in [-0.39, 0.29) is 12.2 Å². The van der Waals surface area contributed by atoms with Crippen LogP contribution in [0.4, 0.5) is 0 Å². The molecule has 4 nitrogen and oxygen atoms in total. The number of ketones is 1. The molecule has 0 spiro atoms. The summed E-state index contributed by atoms with van der Waals surface area (Å²) in [5.41, 5.74) is 0. The van der Waals surface area contributed by atoms with Gasteiger partial charge in [0.2, 0.25) is 0 Å². The Morgan fingerprint density at radius 3 is 2.50 bits per heavy atom. The second kappa shape index (κ2) is 1.78. The number of hydrogen-bond acceptors (Lipinski definition) is 4. The van der Waals surface area contributed by atoms with Crippen LogP contribution in [0.1, 0.15) is 6.42 Å². The molecule has 0 aromatic rings. The van der Waals surface area contributed by atoms with E-state index in [0.717, 1.165) is 0 Å². The summed E-state index contributed by atoms with van der Waals surface area (Å²) in [6, 6.07) is 0. The third kappa shape index (κ3) is 0.584. The predicted molar refractivity (Wildman–Crippen MR) is 30.3 cm³/mol. The molecule has 0 aliphatic carbocycles. The lowest BCUT2D eigenvalue weighted by Crippen LogP contribution is -2.41. The van der Waals surface area contributed by atoms with E-state index in [9.17, 15) is 4.79 Å². The van der Waals surface area contributed by atoms with Crippen molar-refractivity contribution in [3.8, 4) is 0 Å². The number of Topliss-reactive ketones (excluding diaryl/α,β-unsaturated/α-hetero) is 1. The summed E-state index contributed by atoms with van der Waals surface area (Å²) >= 11 is 0. The summed E-state index contributed by atoms with van der Waals surface area (Å²) in [5, 5.41) is 18.1. The highest BCUT2D eigenvalue weighted by molar-refractivity contribution is 5.87. The molecule has 0 aromatic carbocycles. The van der Waals surface area contributed by atoms with E-state index in [0.29, 0.717) is 0 Å². The number of carbonyl (C=O) groups excluding carboxylic acids is 1. The van der Waals surface area contributed by atoms with E-state index in [1.54, 1.807) is 0 Å². The molecule has 0 saturated carbocycles. The molecule has 2 aliphatic rings. The van der Waals surface area contributed by atoms with Gasteiger partial charge in [0, 0.05) is 6.42 Å². The van der Waals surface area contributed by atoms with Crippen LogP contribution >= 0.6 is 0 Å². The first-order valence-corrected chi connectivity index (χ1v) is 3.24. The van der Waals surface area contributed by atoms with Crippen molar-refractivity contribution in [1.29, 1.82) is 0 Å². The van der Waals surface area contributed by atoms with Gasteiger partial charge in [0.25, 0.3) is 0 Å². The average molecular weight is 144 g/mol. The highest BCUT2D eigenvalue weighted by Crippen LogP contribution is 2.31.